The number of aromatic hydroxyl groups is 1. The Labute approximate surface area is 157 Å². The summed E-state index contributed by atoms with van der Waals surface area (Å²) in [5, 5.41) is 22.4. The molecular formula is C19H22N4O2S. The molecule has 136 valence electrons. The summed E-state index contributed by atoms with van der Waals surface area (Å²) >= 11 is 1.30. The van der Waals surface area contributed by atoms with E-state index in [1.165, 1.54) is 30.2 Å². The van der Waals surface area contributed by atoms with Crippen molar-refractivity contribution in [3.63, 3.8) is 0 Å². The molecule has 1 unspecified atom stereocenters. The summed E-state index contributed by atoms with van der Waals surface area (Å²) in [6.45, 7) is 5.57. The van der Waals surface area contributed by atoms with Crippen LogP contribution < -0.4 is 5.32 Å². The van der Waals surface area contributed by atoms with E-state index in [1.54, 1.807) is 12.1 Å². The smallest absolute Gasteiger partial charge is 0.264 e. The third-order valence-electron chi connectivity index (χ3n) is 4.78. The van der Waals surface area contributed by atoms with E-state index < -0.39 is 0 Å². The number of likely N-dealkylation sites (tertiary alicyclic amines) is 1. The van der Waals surface area contributed by atoms with Crippen molar-refractivity contribution < 1.29 is 9.90 Å². The second kappa shape index (κ2) is 7.85. The average Bonchev–Trinajstić information content (AvgIpc) is 3.26. The Bertz CT molecular complexity index is 856. The molecule has 1 aromatic carbocycles. The van der Waals surface area contributed by atoms with Gasteiger partial charge in [0.2, 0.25) is 0 Å². The monoisotopic (exact) mass is 370 g/mol. The van der Waals surface area contributed by atoms with Gasteiger partial charge in [0.05, 0.1) is 17.9 Å². The van der Waals surface area contributed by atoms with Crippen LogP contribution in [0.5, 0.6) is 5.75 Å². The summed E-state index contributed by atoms with van der Waals surface area (Å²) in [5.41, 5.74) is 1.58. The minimum atomic E-state index is -0.118. The third-order valence-corrected chi connectivity index (χ3v) is 5.99. The number of phenols is 1. The Kier molecular flexibility index (Phi) is 5.55. The molecule has 0 aliphatic carbocycles. The number of hydrogen-bond donors (Lipinski definition) is 2. The van der Waals surface area contributed by atoms with Gasteiger partial charge >= 0.3 is 0 Å². The van der Waals surface area contributed by atoms with Gasteiger partial charge in [-0.2, -0.15) is 5.26 Å². The van der Waals surface area contributed by atoms with Crippen molar-refractivity contribution in [2.24, 2.45) is 0 Å². The lowest BCUT2D eigenvalue weighted by molar-refractivity contribution is 0.0920. The van der Waals surface area contributed by atoms with Crippen LogP contribution in [-0.4, -0.2) is 40.2 Å². The minimum Gasteiger partial charge on any atom is -0.507 e. The first-order chi connectivity index (χ1) is 12.5. The summed E-state index contributed by atoms with van der Waals surface area (Å²) in [7, 11) is 0. The fraction of sp³-hybridized carbons (Fsp3) is 0.421. The maximum atomic E-state index is 12.6. The van der Waals surface area contributed by atoms with Crippen LogP contribution in [0.2, 0.25) is 0 Å². The van der Waals surface area contributed by atoms with E-state index in [1.807, 2.05) is 13.0 Å². The maximum Gasteiger partial charge on any atom is 0.264 e. The highest BCUT2D eigenvalue weighted by Crippen LogP contribution is 2.30. The SMILES string of the molecule is CCC1CCCN1CNC(=O)c1sc(-c2ccc(O)c(C#N)c2)nc1C. The Hall–Kier alpha value is -2.43. The van der Waals surface area contributed by atoms with Crippen LogP contribution in [0.15, 0.2) is 18.2 Å². The zero-order valence-electron chi connectivity index (χ0n) is 15.0. The number of carbonyl (C=O) groups excluding carboxylic acids is 1. The number of carbonyl (C=O) groups is 1. The number of nitrogens with zero attached hydrogens (tertiary/aromatic N) is 3. The van der Waals surface area contributed by atoms with Gasteiger partial charge < -0.3 is 10.4 Å². The predicted molar refractivity (Wildman–Crippen MR) is 101 cm³/mol. The van der Waals surface area contributed by atoms with E-state index in [2.05, 4.69) is 22.1 Å². The van der Waals surface area contributed by atoms with Crippen molar-refractivity contribution >= 4 is 17.2 Å². The van der Waals surface area contributed by atoms with Crippen LogP contribution in [-0.2, 0) is 0 Å². The molecule has 1 fully saturated rings. The summed E-state index contributed by atoms with van der Waals surface area (Å²) in [5.74, 6) is -0.175. The minimum absolute atomic E-state index is 0.0569. The molecule has 0 spiro atoms. The molecule has 1 amide bonds. The van der Waals surface area contributed by atoms with Gasteiger partial charge in [0.25, 0.3) is 5.91 Å². The Morgan fingerprint density at radius 3 is 3.08 bits per heavy atom. The fourth-order valence-electron chi connectivity index (χ4n) is 3.31. The van der Waals surface area contributed by atoms with E-state index >= 15 is 0 Å². The lowest BCUT2D eigenvalue weighted by atomic mass is 10.1. The summed E-state index contributed by atoms with van der Waals surface area (Å²) in [6.07, 6.45) is 3.47. The number of aromatic nitrogens is 1. The molecule has 1 saturated heterocycles. The summed E-state index contributed by atoms with van der Waals surface area (Å²) in [6, 6.07) is 7.27. The highest BCUT2D eigenvalue weighted by molar-refractivity contribution is 7.17. The topological polar surface area (TPSA) is 89.3 Å². The summed E-state index contributed by atoms with van der Waals surface area (Å²) < 4.78 is 0. The molecule has 1 aliphatic heterocycles. The van der Waals surface area contributed by atoms with Crippen molar-refractivity contribution in [1.29, 1.82) is 5.26 Å². The molecule has 7 heteroatoms. The number of aryl methyl sites for hydroxylation is 1. The number of amides is 1. The van der Waals surface area contributed by atoms with Gasteiger partial charge in [-0.15, -0.1) is 11.3 Å². The lowest BCUT2D eigenvalue weighted by Crippen LogP contribution is -2.40. The quantitative estimate of drug-likeness (QED) is 0.843. The van der Waals surface area contributed by atoms with Crippen molar-refractivity contribution in [2.45, 2.75) is 39.2 Å². The summed E-state index contributed by atoms with van der Waals surface area (Å²) in [4.78, 5) is 19.9. The second-order valence-electron chi connectivity index (χ2n) is 6.46. The first kappa shape index (κ1) is 18.4. The zero-order valence-corrected chi connectivity index (χ0v) is 15.8. The number of nitriles is 1. The lowest BCUT2D eigenvalue weighted by Gasteiger charge is -2.23. The van der Waals surface area contributed by atoms with Crippen molar-refractivity contribution in [3.05, 3.63) is 34.3 Å². The van der Waals surface area contributed by atoms with Crippen LogP contribution in [0.3, 0.4) is 0 Å². The van der Waals surface area contributed by atoms with Crippen molar-refractivity contribution in [2.75, 3.05) is 13.2 Å². The normalized spacial score (nSPS) is 17.2. The molecule has 26 heavy (non-hydrogen) atoms. The largest absolute Gasteiger partial charge is 0.507 e. The van der Waals surface area contributed by atoms with Crippen LogP contribution in [0.4, 0.5) is 0 Å². The molecule has 1 atom stereocenters. The number of hydrogen-bond acceptors (Lipinski definition) is 6. The number of phenolic OH excluding ortho intramolecular Hbond substituents is 1. The first-order valence-corrected chi connectivity index (χ1v) is 9.58. The molecule has 6 nitrogen and oxygen atoms in total. The van der Waals surface area contributed by atoms with Crippen molar-refractivity contribution in [3.8, 4) is 22.4 Å². The highest BCUT2D eigenvalue weighted by Gasteiger charge is 2.24. The van der Waals surface area contributed by atoms with Gasteiger partial charge in [0.15, 0.2) is 0 Å². The highest BCUT2D eigenvalue weighted by atomic mass is 32.1. The van der Waals surface area contributed by atoms with E-state index in [-0.39, 0.29) is 17.2 Å². The molecule has 0 bridgehead atoms. The molecule has 0 saturated carbocycles. The molecule has 1 aromatic heterocycles. The standard InChI is InChI=1S/C19H22N4O2S/c1-3-15-5-4-8-23(15)11-21-18(25)17-12(2)22-19(26-17)13-6-7-16(24)14(9-13)10-20/h6-7,9,15,24H,3-5,8,11H2,1-2H3,(H,21,25). The van der Waals surface area contributed by atoms with Crippen LogP contribution in [0.25, 0.3) is 10.6 Å². The van der Waals surface area contributed by atoms with Crippen LogP contribution >= 0.6 is 11.3 Å². The van der Waals surface area contributed by atoms with Gasteiger partial charge in [-0.05, 0) is 44.4 Å². The van der Waals surface area contributed by atoms with E-state index in [9.17, 15) is 9.90 Å². The van der Waals surface area contributed by atoms with Crippen molar-refractivity contribution in [1.82, 2.24) is 15.2 Å². The van der Waals surface area contributed by atoms with Gasteiger partial charge in [-0.3, -0.25) is 9.69 Å². The molecule has 3 rings (SSSR count). The van der Waals surface area contributed by atoms with Gasteiger partial charge in [-0.1, -0.05) is 6.92 Å². The third kappa shape index (κ3) is 3.71. The molecule has 2 aromatic rings. The number of nitrogens with one attached hydrogen (secondary N) is 1. The van der Waals surface area contributed by atoms with Gasteiger partial charge in [0.1, 0.15) is 21.7 Å². The Morgan fingerprint density at radius 1 is 1.54 bits per heavy atom. The molecule has 2 heterocycles. The first-order valence-electron chi connectivity index (χ1n) is 8.76. The van der Waals surface area contributed by atoms with E-state index in [4.69, 9.17) is 5.26 Å². The molecule has 2 N–H and O–H groups in total. The molecule has 1 aliphatic rings. The Balaban J connectivity index is 1.73. The average molecular weight is 370 g/mol. The van der Waals surface area contributed by atoms with E-state index in [0.29, 0.717) is 28.3 Å². The predicted octanol–water partition coefficient (Wildman–Crippen LogP) is 3.26. The molecule has 0 radical (unpaired) electrons. The number of benzene rings is 1. The Morgan fingerprint density at radius 2 is 2.35 bits per heavy atom. The fourth-order valence-corrected chi connectivity index (χ4v) is 4.29. The molecular weight excluding hydrogens is 348 g/mol. The van der Waals surface area contributed by atoms with Gasteiger partial charge in [-0.25, -0.2) is 4.98 Å². The van der Waals surface area contributed by atoms with Gasteiger partial charge in [0, 0.05) is 18.2 Å². The maximum absolute atomic E-state index is 12.6. The van der Waals surface area contributed by atoms with E-state index in [0.717, 1.165) is 18.5 Å². The van der Waals surface area contributed by atoms with Crippen LogP contribution in [0.1, 0.15) is 47.1 Å². The second-order valence-corrected chi connectivity index (χ2v) is 7.46. The number of thiazole rings is 1. The number of rotatable bonds is 5. The van der Waals surface area contributed by atoms with Crippen LogP contribution in [0, 0.1) is 18.3 Å². The zero-order chi connectivity index (χ0) is 18.7.